The summed E-state index contributed by atoms with van der Waals surface area (Å²) in [5.74, 6) is -0.454. The molecule has 0 heterocycles. The van der Waals surface area contributed by atoms with Gasteiger partial charge in [-0.25, -0.2) is 4.79 Å². The molecule has 1 fully saturated rings. The van der Waals surface area contributed by atoms with Crippen LogP contribution in [-0.4, -0.2) is 36.0 Å². The van der Waals surface area contributed by atoms with Gasteiger partial charge >= 0.3 is 6.03 Å². The maximum Gasteiger partial charge on any atom is 0.318 e. The van der Waals surface area contributed by atoms with Crippen molar-refractivity contribution >= 4 is 11.9 Å². The number of amides is 3. The number of nitrogens with zero attached hydrogens (tertiary/aromatic N) is 1. The van der Waals surface area contributed by atoms with E-state index in [9.17, 15) is 9.59 Å². The van der Waals surface area contributed by atoms with Crippen LogP contribution in [0.2, 0.25) is 0 Å². The summed E-state index contributed by atoms with van der Waals surface area (Å²) in [7, 11) is 0. The molecule has 0 aliphatic heterocycles. The second kappa shape index (κ2) is 7.95. The zero-order valence-electron chi connectivity index (χ0n) is 11.3. The molecule has 1 rings (SSSR count). The number of nitrogens with two attached hydrogens (primary N) is 1. The van der Waals surface area contributed by atoms with E-state index in [2.05, 4.69) is 12.2 Å². The first kappa shape index (κ1) is 14.8. The molecule has 0 bridgehead atoms. The molecule has 1 aliphatic carbocycles. The highest BCUT2D eigenvalue weighted by atomic mass is 16.2. The Balaban J connectivity index is 2.43. The van der Waals surface area contributed by atoms with Gasteiger partial charge < -0.3 is 16.0 Å². The Kier molecular flexibility index (Phi) is 6.54. The minimum absolute atomic E-state index is 0.0125. The fourth-order valence-electron chi connectivity index (χ4n) is 2.30. The highest BCUT2D eigenvalue weighted by Crippen LogP contribution is 2.17. The quantitative estimate of drug-likeness (QED) is 0.756. The molecule has 0 aromatic heterocycles. The molecule has 0 aromatic carbocycles. The fraction of sp³-hybridized carbons (Fsp3) is 0.846. The molecule has 5 nitrogen and oxygen atoms in total. The lowest BCUT2D eigenvalue weighted by atomic mass is 9.96. The molecule has 1 aliphatic rings. The maximum atomic E-state index is 12.1. The van der Waals surface area contributed by atoms with Crippen molar-refractivity contribution in [3.63, 3.8) is 0 Å². The lowest BCUT2D eigenvalue weighted by Crippen LogP contribution is -2.48. The van der Waals surface area contributed by atoms with E-state index in [0.29, 0.717) is 6.54 Å². The molecule has 104 valence electrons. The summed E-state index contributed by atoms with van der Waals surface area (Å²) in [6.07, 6.45) is 7.59. The van der Waals surface area contributed by atoms with Crippen molar-refractivity contribution in [1.82, 2.24) is 10.2 Å². The lowest BCUT2D eigenvalue weighted by molar-refractivity contribution is -0.118. The monoisotopic (exact) mass is 255 g/mol. The van der Waals surface area contributed by atoms with Crippen molar-refractivity contribution in [2.45, 2.75) is 57.9 Å². The van der Waals surface area contributed by atoms with E-state index in [1.165, 1.54) is 24.2 Å². The van der Waals surface area contributed by atoms with Gasteiger partial charge in [-0.2, -0.15) is 0 Å². The van der Waals surface area contributed by atoms with Crippen LogP contribution in [0.5, 0.6) is 0 Å². The van der Waals surface area contributed by atoms with Crippen molar-refractivity contribution in [2.24, 2.45) is 5.73 Å². The smallest absolute Gasteiger partial charge is 0.318 e. The molecule has 18 heavy (non-hydrogen) atoms. The molecule has 0 spiro atoms. The summed E-state index contributed by atoms with van der Waals surface area (Å²) in [6.45, 7) is 2.66. The zero-order valence-corrected chi connectivity index (χ0v) is 11.3. The van der Waals surface area contributed by atoms with Gasteiger partial charge in [0.05, 0.1) is 0 Å². The summed E-state index contributed by atoms with van der Waals surface area (Å²) in [4.78, 5) is 24.6. The minimum Gasteiger partial charge on any atom is -0.368 e. The van der Waals surface area contributed by atoms with Crippen LogP contribution in [0, 0.1) is 0 Å². The Morgan fingerprint density at radius 3 is 2.50 bits per heavy atom. The van der Waals surface area contributed by atoms with Gasteiger partial charge in [0.15, 0.2) is 0 Å². The number of urea groups is 1. The normalized spacial score (nSPS) is 16.3. The van der Waals surface area contributed by atoms with Crippen molar-refractivity contribution in [3.05, 3.63) is 0 Å². The highest BCUT2D eigenvalue weighted by Gasteiger charge is 2.20. The Morgan fingerprint density at radius 2 is 1.94 bits per heavy atom. The summed E-state index contributed by atoms with van der Waals surface area (Å²) in [5.41, 5.74) is 5.18. The van der Waals surface area contributed by atoms with Crippen molar-refractivity contribution in [2.75, 3.05) is 13.1 Å². The topological polar surface area (TPSA) is 75.4 Å². The number of rotatable bonds is 6. The van der Waals surface area contributed by atoms with Crippen LogP contribution in [-0.2, 0) is 4.79 Å². The number of hydrogen-bond donors (Lipinski definition) is 2. The molecule has 0 atom stereocenters. The average Bonchev–Trinajstić information content (AvgIpc) is 2.35. The van der Waals surface area contributed by atoms with Crippen LogP contribution >= 0.6 is 0 Å². The van der Waals surface area contributed by atoms with Crippen molar-refractivity contribution in [1.29, 1.82) is 0 Å². The maximum absolute atomic E-state index is 12.1. The summed E-state index contributed by atoms with van der Waals surface area (Å²) in [6, 6.07) is 0.123. The highest BCUT2D eigenvalue weighted by molar-refractivity contribution is 5.83. The summed E-state index contributed by atoms with van der Waals surface area (Å²) in [5, 5.41) is 3.01. The molecule has 0 unspecified atom stereocenters. The van der Waals surface area contributed by atoms with E-state index in [-0.39, 0.29) is 18.6 Å². The molecule has 3 amide bonds. The number of unbranched alkanes of at least 4 members (excludes halogenated alkanes) is 1. The summed E-state index contributed by atoms with van der Waals surface area (Å²) >= 11 is 0. The molecule has 3 N–H and O–H groups in total. The molecule has 5 heteroatoms. The third-order valence-electron chi connectivity index (χ3n) is 3.35. The van der Waals surface area contributed by atoms with Crippen LogP contribution in [0.4, 0.5) is 4.79 Å². The first-order valence-electron chi connectivity index (χ1n) is 6.97. The zero-order chi connectivity index (χ0) is 13.4. The van der Waals surface area contributed by atoms with Crippen LogP contribution in [0.25, 0.3) is 0 Å². The second-order valence-electron chi connectivity index (χ2n) is 5.03. The third-order valence-corrected chi connectivity index (χ3v) is 3.35. The van der Waals surface area contributed by atoms with E-state index in [1.807, 2.05) is 0 Å². The van der Waals surface area contributed by atoms with Gasteiger partial charge in [0.2, 0.25) is 5.91 Å². The number of carbonyl (C=O) groups excluding carboxylic acids is 2. The molecule has 0 saturated heterocycles. The minimum atomic E-state index is -0.454. The van der Waals surface area contributed by atoms with Crippen LogP contribution in [0.1, 0.15) is 51.9 Å². The predicted molar refractivity (Wildman–Crippen MR) is 71.1 cm³/mol. The van der Waals surface area contributed by atoms with E-state index in [0.717, 1.165) is 25.7 Å². The lowest BCUT2D eigenvalue weighted by Gasteiger charge is -2.27. The molecule has 0 aromatic rings. The average molecular weight is 255 g/mol. The van der Waals surface area contributed by atoms with Crippen LogP contribution < -0.4 is 11.1 Å². The molecular formula is C13H25N3O2. The van der Waals surface area contributed by atoms with Gasteiger partial charge in [-0.3, -0.25) is 4.79 Å². The van der Waals surface area contributed by atoms with Gasteiger partial charge in [0.1, 0.15) is 6.54 Å². The van der Waals surface area contributed by atoms with Crippen LogP contribution in [0.15, 0.2) is 0 Å². The molecular weight excluding hydrogens is 230 g/mol. The van der Waals surface area contributed by atoms with Crippen molar-refractivity contribution in [3.8, 4) is 0 Å². The van der Waals surface area contributed by atoms with Crippen LogP contribution in [0.3, 0.4) is 0 Å². The Bertz CT molecular complexity index is 275. The number of nitrogens with one attached hydrogen (secondary N) is 1. The van der Waals surface area contributed by atoms with E-state index < -0.39 is 5.91 Å². The van der Waals surface area contributed by atoms with Gasteiger partial charge in [0.25, 0.3) is 0 Å². The Hall–Kier alpha value is -1.26. The van der Waals surface area contributed by atoms with Gasteiger partial charge in [-0.1, -0.05) is 32.6 Å². The second-order valence-corrected chi connectivity index (χ2v) is 5.03. The standard InChI is InChI=1S/C13H25N3O2/c1-2-3-9-16(10-12(14)17)13(18)15-11-7-5-4-6-8-11/h11H,2-10H2,1H3,(H2,14,17)(H,15,18). The fourth-order valence-corrected chi connectivity index (χ4v) is 2.30. The van der Waals surface area contributed by atoms with Gasteiger partial charge in [-0.15, -0.1) is 0 Å². The predicted octanol–water partition coefficient (Wildman–Crippen LogP) is 1.62. The first-order valence-corrected chi connectivity index (χ1v) is 6.97. The van der Waals surface area contributed by atoms with Gasteiger partial charge in [-0.05, 0) is 19.3 Å². The number of carbonyl (C=O) groups is 2. The Morgan fingerprint density at radius 1 is 1.28 bits per heavy atom. The summed E-state index contributed by atoms with van der Waals surface area (Å²) < 4.78 is 0. The molecule has 0 radical (unpaired) electrons. The first-order chi connectivity index (χ1) is 8.63. The number of hydrogen-bond acceptors (Lipinski definition) is 2. The number of primary amides is 1. The SMILES string of the molecule is CCCCN(CC(N)=O)C(=O)NC1CCCCC1. The van der Waals surface area contributed by atoms with E-state index in [4.69, 9.17) is 5.73 Å². The molecule has 1 saturated carbocycles. The van der Waals surface area contributed by atoms with E-state index >= 15 is 0 Å². The third kappa shape index (κ3) is 5.38. The van der Waals surface area contributed by atoms with Crippen molar-refractivity contribution < 1.29 is 9.59 Å². The van der Waals surface area contributed by atoms with Gasteiger partial charge in [0, 0.05) is 12.6 Å². The largest absolute Gasteiger partial charge is 0.368 e. The van der Waals surface area contributed by atoms with E-state index in [1.54, 1.807) is 0 Å². The Labute approximate surface area is 109 Å².